The van der Waals surface area contributed by atoms with Crippen LogP contribution in [0, 0.1) is 5.82 Å². The van der Waals surface area contributed by atoms with E-state index < -0.39 is 46.6 Å². The Morgan fingerprint density at radius 1 is 1.26 bits per heavy atom. The Morgan fingerprint density at radius 3 is 2.45 bits per heavy atom. The van der Waals surface area contributed by atoms with Crippen molar-refractivity contribution in [2.75, 3.05) is 43.9 Å². The van der Waals surface area contributed by atoms with Crippen molar-refractivity contribution >= 4 is 28.4 Å². The first kappa shape index (κ1) is 21.1. The van der Waals surface area contributed by atoms with Crippen LogP contribution in [0.3, 0.4) is 0 Å². The molecule has 0 amide bonds. The summed E-state index contributed by atoms with van der Waals surface area (Å²) < 4.78 is 53.0. The summed E-state index contributed by atoms with van der Waals surface area (Å²) in [6.45, 7) is -1.48. The highest BCUT2D eigenvalue weighted by atomic mass is 19.3. The van der Waals surface area contributed by atoms with Crippen LogP contribution < -0.4 is 25.5 Å². The van der Waals surface area contributed by atoms with Crippen LogP contribution in [0.2, 0.25) is 0 Å². The summed E-state index contributed by atoms with van der Waals surface area (Å²) in [6, 6.07) is -0.218. The molecule has 1 aliphatic carbocycles. The predicted molar refractivity (Wildman–Crippen MR) is 106 cm³/mol. The summed E-state index contributed by atoms with van der Waals surface area (Å²) in [7, 11) is 1.88. The Labute approximate surface area is 174 Å². The van der Waals surface area contributed by atoms with E-state index in [1.54, 1.807) is 4.90 Å². The number of rotatable bonds is 5. The van der Waals surface area contributed by atoms with Gasteiger partial charge < -0.3 is 34.7 Å². The van der Waals surface area contributed by atoms with E-state index in [9.17, 15) is 18.4 Å². The second-order valence-electron chi connectivity index (χ2n) is 7.63. The maximum absolute atomic E-state index is 15.4. The molecule has 2 fully saturated rings. The molecular formula is C19H21F3N4O5. The van der Waals surface area contributed by atoms with E-state index in [-0.39, 0.29) is 17.2 Å². The van der Waals surface area contributed by atoms with Gasteiger partial charge in [-0.1, -0.05) is 0 Å². The molecule has 1 aromatic heterocycles. The molecule has 0 radical (unpaired) electrons. The third-order valence-corrected chi connectivity index (χ3v) is 5.51. The van der Waals surface area contributed by atoms with Crippen LogP contribution >= 0.6 is 0 Å². The minimum Gasteiger partial charge on any atom is -0.449 e. The third kappa shape index (κ3) is 3.82. The fourth-order valence-corrected chi connectivity index (χ4v) is 3.86. The number of anilines is 2. The molecule has 0 spiro atoms. The standard InChI is InChI=1S/C19H21F3N4O5/c1-24-4-6-25(7-5-24)15-12(20)13(23)11-14(17(15)31-18(21)22)26(9-2-3-9)8-10(16(11)27)30-19(28)29/h8-9,18H,2-7,23H2,1H3,(H,28,29). The average Bonchev–Trinajstić information content (AvgIpc) is 3.53. The van der Waals surface area contributed by atoms with Gasteiger partial charge in [-0.05, 0) is 19.9 Å². The van der Waals surface area contributed by atoms with Crippen molar-refractivity contribution in [1.82, 2.24) is 9.47 Å². The molecule has 2 aliphatic rings. The summed E-state index contributed by atoms with van der Waals surface area (Å²) in [5, 5.41) is 8.48. The van der Waals surface area contributed by atoms with E-state index in [1.165, 1.54) is 4.57 Å². The van der Waals surface area contributed by atoms with Crippen molar-refractivity contribution in [3.05, 3.63) is 22.2 Å². The molecule has 0 bridgehead atoms. The van der Waals surface area contributed by atoms with Gasteiger partial charge in [-0.15, -0.1) is 0 Å². The molecule has 3 N–H and O–H groups in total. The summed E-state index contributed by atoms with van der Waals surface area (Å²) >= 11 is 0. The van der Waals surface area contributed by atoms with E-state index in [2.05, 4.69) is 4.74 Å². The zero-order valence-corrected chi connectivity index (χ0v) is 16.6. The van der Waals surface area contributed by atoms with Crippen molar-refractivity contribution in [2.45, 2.75) is 25.5 Å². The number of nitrogens with zero attached hydrogens (tertiary/aromatic N) is 3. The number of ether oxygens (including phenoxy) is 2. The number of carbonyl (C=O) groups is 1. The number of pyridine rings is 1. The van der Waals surface area contributed by atoms with Crippen molar-refractivity contribution in [3.8, 4) is 11.5 Å². The lowest BCUT2D eigenvalue weighted by Crippen LogP contribution is -2.45. The highest BCUT2D eigenvalue weighted by molar-refractivity contribution is 6.01. The first-order chi connectivity index (χ1) is 14.7. The molecule has 1 aliphatic heterocycles. The maximum atomic E-state index is 15.4. The molecule has 31 heavy (non-hydrogen) atoms. The second kappa shape index (κ2) is 7.84. The van der Waals surface area contributed by atoms with Gasteiger partial charge in [0.05, 0.1) is 22.8 Å². The Balaban J connectivity index is 2.05. The molecular weight excluding hydrogens is 421 g/mol. The number of hydrogen-bond acceptors (Lipinski definition) is 7. The highest BCUT2D eigenvalue weighted by Crippen LogP contribution is 2.47. The lowest BCUT2D eigenvalue weighted by atomic mass is 10.1. The Morgan fingerprint density at radius 2 is 1.90 bits per heavy atom. The van der Waals surface area contributed by atoms with Crippen molar-refractivity contribution in [2.24, 2.45) is 0 Å². The van der Waals surface area contributed by atoms with Gasteiger partial charge in [-0.2, -0.15) is 8.78 Å². The SMILES string of the molecule is CN1CCN(c2c(F)c(N)c3c(=O)c(OC(=O)O)cn(C4CC4)c3c2OC(F)F)CC1. The number of benzene rings is 1. The van der Waals surface area contributed by atoms with Gasteiger partial charge in [0.1, 0.15) is 5.69 Å². The van der Waals surface area contributed by atoms with Gasteiger partial charge in [0.2, 0.25) is 5.43 Å². The van der Waals surface area contributed by atoms with Gasteiger partial charge in [0.25, 0.3) is 0 Å². The van der Waals surface area contributed by atoms with Gasteiger partial charge in [-0.25, -0.2) is 9.18 Å². The fourth-order valence-electron chi connectivity index (χ4n) is 3.86. The zero-order chi connectivity index (χ0) is 22.4. The number of hydrogen-bond donors (Lipinski definition) is 2. The van der Waals surface area contributed by atoms with Crippen LogP contribution in [0.25, 0.3) is 10.9 Å². The monoisotopic (exact) mass is 442 g/mol. The number of nitrogens with two attached hydrogens (primary N) is 1. The third-order valence-electron chi connectivity index (χ3n) is 5.51. The average molecular weight is 442 g/mol. The summed E-state index contributed by atoms with van der Waals surface area (Å²) in [6.07, 6.45) is 0.690. The van der Waals surface area contributed by atoms with E-state index >= 15 is 4.39 Å². The van der Waals surface area contributed by atoms with Crippen molar-refractivity contribution < 1.29 is 32.5 Å². The Bertz CT molecular complexity index is 1090. The topological polar surface area (TPSA) is 110 Å². The van der Waals surface area contributed by atoms with Crippen LogP contribution in [0.5, 0.6) is 11.5 Å². The molecule has 1 saturated heterocycles. The first-order valence-electron chi connectivity index (χ1n) is 9.67. The molecule has 2 aromatic rings. The smallest absolute Gasteiger partial charge is 0.449 e. The largest absolute Gasteiger partial charge is 0.511 e. The highest BCUT2D eigenvalue weighted by Gasteiger charge is 2.34. The van der Waals surface area contributed by atoms with Crippen LogP contribution in [-0.4, -0.2) is 60.6 Å². The molecule has 2 heterocycles. The van der Waals surface area contributed by atoms with E-state index in [0.29, 0.717) is 39.0 Å². The number of carboxylic acid groups (broad SMARTS) is 1. The summed E-state index contributed by atoms with van der Waals surface area (Å²) in [5.41, 5.74) is 4.05. The zero-order valence-electron chi connectivity index (χ0n) is 16.6. The number of alkyl halides is 2. The molecule has 12 heteroatoms. The van der Waals surface area contributed by atoms with Gasteiger partial charge in [0.15, 0.2) is 17.3 Å². The van der Waals surface area contributed by atoms with Crippen molar-refractivity contribution in [3.63, 3.8) is 0 Å². The first-order valence-corrected chi connectivity index (χ1v) is 9.67. The lowest BCUT2D eigenvalue weighted by molar-refractivity contribution is -0.0488. The van der Waals surface area contributed by atoms with Crippen LogP contribution in [-0.2, 0) is 0 Å². The predicted octanol–water partition coefficient (Wildman–Crippen LogP) is 2.47. The molecule has 4 rings (SSSR count). The number of halogens is 3. The molecule has 1 saturated carbocycles. The molecule has 0 unspecified atom stereocenters. The number of fused-ring (bicyclic) bond motifs is 1. The fraction of sp³-hybridized carbons (Fsp3) is 0.474. The van der Waals surface area contributed by atoms with Crippen molar-refractivity contribution in [1.29, 1.82) is 0 Å². The quantitative estimate of drug-likeness (QED) is 0.537. The number of aromatic nitrogens is 1. The number of nitrogen functional groups attached to an aromatic ring is 1. The van der Waals surface area contributed by atoms with Crippen LogP contribution in [0.4, 0.5) is 29.3 Å². The maximum Gasteiger partial charge on any atom is 0.511 e. The van der Waals surface area contributed by atoms with E-state index in [0.717, 1.165) is 6.20 Å². The molecule has 0 atom stereocenters. The van der Waals surface area contributed by atoms with E-state index in [4.69, 9.17) is 15.6 Å². The Kier molecular flexibility index (Phi) is 5.33. The number of piperazine rings is 1. The Hall–Kier alpha value is -3.15. The minimum absolute atomic E-state index is 0.0987. The minimum atomic E-state index is -3.28. The van der Waals surface area contributed by atoms with Gasteiger partial charge >= 0.3 is 12.8 Å². The molecule has 1 aromatic carbocycles. The number of likely N-dealkylation sites (N-methyl/N-ethyl adjacent to an activating group) is 1. The molecule has 9 nitrogen and oxygen atoms in total. The summed E-state index contributed by atoms with van der Waals surface area (Å²) in [5.74, 6) is -2.15. The normalized spacial score (nSPS) is 17.4. The second-order valence-corrected chi connectivity index (χ2v) is 7.63. The van der Waals surface area contributed by atoms with Gasteiger partial charge in [-0.3, -0.25) is 4.79 Å². The summed E-state index contributed by atoms with van der Waals surface area (Å²) in [4.78, 5) is 27.4. The lowest BCUT2D eigenvalue weighted by Gasteiger charge is -2.35. The van der Waals surface area contributed by atoms with Crippen LogP contribution in [0.15, 0.2) is 11.0 Å². The van der Waals surface area contributed by atoms with Gasteiger partial charge in [0, 0.05) is 32.2 Å². The molecule has 168 valence electrons. The van der Waals surface area contributed by atoms with E-state index in [1.807, 2.05) is 11.9 Å². The van der Waals surface area contributed by atoms with Crippen LogP contribution in [0.1, 0.15) is 18.9 Å².